The molecule has 0 fully saturated rings. The summed E-state index contributed by atoms with van der Waals surface area (Å²) in [5.41, 5.74) is 0.722. The van der Waals surface area contributed by atoms with Crippen molar-refractivity contribution in [1.82, 2.24) is 4.57 Å². The fraction of sp³-hybridized carbons (Fsp3) is 0. The zero-order valence-corrected chi connectivity index (χ0v) is 13.9. The van der Waals surface area contributed by atoms with Crippen LogP contribution in [0.3, 0.4) is 0 Å². The van der Waals surface area contributed by atoms with E-state index in [9.17, 15) is 19.1 Å². The van der Waals surface area contributed by atoms with Gasteiger partial charge in [-0.3, -0.25) is 4.57 Å². The molecular formula is C15H6Br2F2N2O. The predicted octanol–water partition coefficient (Wildman–Crippen LogP) is 5.01. The Hall–Kier alpha value is -1.91. The second-order valence-electron chi connectivity index (χ2n) is 4.50. The minimum atomic E-state index is -0.948. The summed E-state index contributed by atoms with van der Waals surface area (Å²) in [4.78, 5) is 0. The Morgan fingerprint density at radius 3 is 2.55 bits per heavy atom. The number of aromatic nitrogens is 1. The first-order valence-electron chi connectivity index (χ1n) is 6.02. The molecule has 22 heavy (non-hydrogen) atoms. The molecule has 0 amide bonds. The lowest BCUT2D eigenvalue weighted by molar-refractivity contribution is 0.426. The number of benzene rings is 2. The topological polar surface area (TPSA) is 49.0 Å². The lowest BCUT2D eigenvalue weighted by Gasteiger charge is -2.10. The van der Waals surface area contributed by atoms with Crippen LogP contribution in [0.4, 0.5) is 8.78 Å². The van der Waals surface area contributed by atoms with Gasteiger partial charge in [-0.2, -0.15) is 5.26 Å². The van der Waals surface area contributed by atoms with Gasteiger partial charge in [0.2, 0.25) is 0 Å². The Morgan fingerprint density at radius 2 is 1.86 bits per heavy atom. The second-order valence-corrected chi connectivity index (χ2v) is 6.11. The van der Waals surface area contributed by atoms with Crippen LogP contribution < -0.4 is 0 Å². The molecule has 1 heterocycles. The maximum atomic E-state index is 14.2. The highest BCUT2D eigenvalue weighted by atomic mass is 79.9. The molecule has 0 bridgehead atoms. The first-order valence-corrected chi connectivity index (χ1v) is 7.61. The molecule has 3 nitrogen and oxygen atoms in total. The van der Waals surface area contributed by atoms with Crippen molar-refractivity contribution < 1.29 is 13.9 Å². The maximum absolute atomic E-state index is 14.2. The normalized spacial score (nSPS) is 10.9. The summed E-state index contributed by atoms with van der Waals surface area (Å²) in [7, 11) is 0. The van der Waals surface area contributed by atoms with Gasteiger partial charge in [0.15, 0.2) is 17.4 Å². The van der Waals surface area contributed by atoms with E-state index in [4.69, 9.17) is 0 Å². The highest BCUT2D eigenvalue weighted by Crippen LogP contribution is 2.38. The molecule has 0 saturated heterocycles. The van der Waals surface area contributed by atoms with Crippen LogP contribution in [0, 0.1) is 23.0 Å². The largest absolute Gasteiger partial charge is 0.505 e. The molecule has 3 rings (SSSR count). The van der Waals surface area contributed by atoms with Crippen molar-refractivity contribution in [2.24, 2.45) is 0 Å². The van der Waals surface area contributed by atoms with Crippen molar-refractivity contribution in [3.63, 3.8) is 0 Å². The molecular weight excluding hydrogens is 422 g/mol. The maximum Gasteiger partial charge on any atom is 0.167 e. The van der Waals surface area contributed by atoms with Gasteiger partial charge in [-0.1, -0.05) is 12.1 Å². The van der Waals surface area contributed by atoms with Crippen LogP contribution in [0.2, 0.25) is 0 Å². The van der Waals surface area contributed by atoms with E-state index in [1.807, 2.05) is 6.07 Å². The van der Waals surface area contributed by atoms with Crippen LogP contribution in [0.1, 0.15) is 5.56 Å². The number of nitrogens with zero attached hydrogens (tertiary/aromatic N) is 2. The van der Waals surface area contributed by atoms with Gasteiger partial charge < -0.3 is 5.11 Å². The number of hydrogen-bond donors (Lipinski definition) is 1. The van der Waals surface area contributed by atoms with Crippen molar-refractivity contribution in [2.45, 2.75) is 0 Å². The summed E-state index contributed by atoms with van der Waals surface area (Å²) < 4.78 is 30.2. The third-order valence-corrected chi connectivity index (χ3v) is 4.64. The molecule has 0 radical (unpaired) electrons. The monoisotopic (exact) mass is 426 g/mol. The molecule has 0 aliphatic heterocycles. The zero-order chi connectivity index (χ0) is 16.0. The molecule has 0 spiro atoms. The number of hydrogen-bond acceptors (Lipinski definition) is 2. The average Bonchev–Trinajstić information content (AvgIpc) is 2.76. The number of phenolic OH excluding ortho intramolecular Hbond substituents is 1. The SMILES string of the molecule is N#Cc1c(Br)n(-c2cc(F)c(O)cc2F)c2c(Br)cccc12. The van der Waals surface area contributed by atoms with E-state index in [2.05, 4.69) is 31.9 Å². The predicted molar refractivity (Wildman–Crippen MR) is 85.0 cm³/mol. The molecule has 0 unspecified atom stereocenters. The van der Waals surface area contributed by atoms with Crippen molar-refractivity contribution in [2.75, 3.05) is 0 Å². The molecule has 7 heteroatoms. The van der Waals surface area contributed by atoms with Gasteiger partial charge >= 0.3 is 0 Å². The molecule has 0 atom stereocenters. The fourth-order valence-corrected chi connectivity index (χ4v) is 3.51. The Bertz CT molecular complexity index is 961. The number of halogens is 4. The molecule has 0 aliphatic carbocycles. The van der Waals surface area contributed by atoms with Crippen molar-refractivity contribution in [3.8, 4) is 17.5 Å². The van der Waals surface area contributed by atoms with E-state index >= 15 is 0 Å². The highest BCUT2D eigenvalue weighted by Gasteiger charge is 2.21. The lowest BCUT2D eigenvalue weighted by Crippen LogP contribution is -2.00. The summed E-state index contributed by atoms with van der Waals surface area (Å²) in [6.45, 7) is 0. The van der Waals surface area contributed by atoms with E-state index in [-0.39, 0.29) is 5.69 Å². The van der Waals surface area contributed by atoms with Crippen LogP contribution >= 0.6 is 31.9 Å². The summed E-state index contributed by atoms with van der Waals surface area (Å²) >= 11 is 6.63. The molecule has 110 valence electrons. The average molecular weight is 428 g/mol. The number of para-hydroxylation sites is 1. The molecule has 2 aromatic carbocycles. The Morgan fingerprint density at radius 1 is 1.14 bits per heavy atom. The summed E-state index contributed by atoms with van der Waals surface area (Å²) in [6, 6.07) is 8.83. The van der Waals surface area contributed by atoms with Crippen molar-refractivity contribution >= 4 is 42.8 Å². The summed E-state index contributed by atoms with van der Waals surface area (Å²) in [5.74, 6) is -2.53. The van der Waals surface area contributed by atoms with Gasteiger partial charge in [-0.25, -0.2) is 8.78 Å². The number of aromatic hydroxyl groups is 1. The third-order valence-electron chi connectivity index (χ3n) is 3.25. The molecule has 1 N–H and O–H groups in total. The highest BCUT2D eigenvalue weighted by molar-refractivity contribution is 9.11. The summed E-state index contributed by atoms with van der Waals surface area (Å²) in [5, 5.41) is 19.2. The second kappa shape index (κ2) is 5.38. The van der Waals surface area contributed by atoms with Crippen molar-refractivity contribution in [3.05, 3.63) is 56.6 Å². The minimum absolute atomic E-state index is 0.111. The zero-order valence-electron chi connectivity index (χ0n) is 10.7. The quantitative estimate of drug-likeness (QED) is 0.593. The molecule has 3 aromatic rings. The van der Waals surface area contributed by atoms with E-state index < -0.39 is 17.4 Å². The molecule has 1 aromatic heterocycles. The Balaban J connectivity index is 2.50. The van der Waals surface area contributed by atoms with E-state index in [1.54, 1.807) is 18.2 Å². The fourth-order valence-electron chi connectivity index (χ4n) is 2.30. The van der Waals surface area contributed by atoms with Gasteiger partial charge in [0.1, 0.15) is 10.7 Å². The number of rotatable bonds is 1. The van der Waals surface area contributed by atoms with Crippen LogP contribution in [0.25, 0.3) is 16.6 Å². The van der Waals surface area contributed by atoms with E-state index in [0.717, 1.165) is 6.07 Å². The van der Waals surface area contributed by atoms with Gasteiger partial charge in [0.05, 0.1) is 16.8 Å². The van der Waals surface area contributed by atoms with Crippen LogP contribution in [0.5, 0.6) is 5.75 Å². The van der Waals surface area contributed by atoms with Gasteiger partial charge in [-0.15, -0.1) is 0 Å². The third kappa shape index (κ3) is 2.11. The Labute approximate surface area is 140 Å². The number of fused-ring (bicyclic) bond motifs is 1. The van der Waals surface area contributed by atoms with Gasteiger partial charge in [0.25, 0.3) is 0 Å². The van der Waals surface area contributed by atoms with E-state index in [1.165, 1.54) is 4.57 Å². The minimum Gasteiger partial charge on any atom is -0.505 e. The summed E-state index contributed by atoms with van der Waals surface area (Å²) in [6.07, 6.45) is 0. The van der Waals surface area contributed by atoms with Crippen LogP contribution in [0.15, 0.2) is 39.4 Å². The lowest BCUT2D eigenvalue weighted by atomic mass is 10.2. The van der Waals surface area contributed by atoms with Gasteiger partial charge in [-0.05, 0) is 37.9 Å². The first kappa shape index (κ1) is 15.0. The van der Waals surface area contributed by atoms with E-state index in [0.29, 0.717) is 31.6 Å². The molecule has 0 saturated carbocycles. The first-order chi connectivity index (χ1) is 10.5. The standard InChI is InChI=1S/C15H6Br2F2N2O/c16-9-3-1-2-7-8(6-20)15(17)21(14(7)9)12-4-11(19)13(22)5-10(12)18/h1-5,22H. The Kier molecular flexibility index (Phi) is 3.67. The number of phenols is 1. The van der Waals surface area contributed by atoms with Crippen molar-refractivity contribution in [1.29, 1.82) is 5.26 Å². The number of nitriles is 1. The smallest absolute Gasteiger partial charge is 0.167 e. The molecule has 0 aliphatic rings. The van der Waals surface area contributed by atoms with Crippen LogP contribution in [-0.2, 0) is 0 Å². The van der Waals surface area contributed by atoms with Gasteiger partial charge in [0, 0.05) is 22.0 Å². The van der Waals surface area contributed by atoms with Crippen LogP contribution in [-0.4, -0.2) is 9.67 Å².